The fourth-order valence-corrected chi connectivity index (χ4v) is 3.98. The van der Waals surface area contributed by atoms with Crippen LogP contribution in [0, 0.1) is 0 Å². The number of alkyl halides is 1. The van der Waals surface area contributed by atoms with E-state index in [1.807, 2.05) is 0 Å². The van der Waals surface area contributed by atoms with E-state index in [2.05, 4.69) is 5.32 Å². The van der Waals surface area contributed by atoms with Crippen LogP contribution in [0.3, 0.4) is 0 Å². The molecule has 3 rings (SSSR count). The van der Waals surface area contributed by atoms with Crippen LogP contribution in [0.4, 0.5) is 0 Å². The SMILES string of the molecule is CC(Cl)C(=O)NC1CN(S(=O)(=O)c2ccc3c(c2)OCCO3)C1. The molecule has 1 atom stereocenters. The third-order valence-electron chi connectivity index (χ3n) is 3.71. The summed E-state index contributed by atoms with van der Waals surface area (Å²) in [4.78, 5) is 11.6. The van der Waals surface area contributed by atoms with E-state index in [0.29, 0.717) is 24.7 Å². The maximum Gasteiger partial charge on any atom is 0.243 e. The quantitative estimate of drug-likeness (QED) is 0.794. The number of ether oxygens (including phenoxy) is 2. The molecular weight excluding hydrogens is 344 g/mol. The Morgan fingerprint density at radius 1 is 1.30 bits per heavy atom. The average molecular weight is 361 g/mol. The van der Waals surface area contributed by atoms with Gasteiger partial charge in [0.1, 0.15) is 18.6 Å². The van der Waals surface area contributed by atoms with Crippen LogP contribution in [0.2, 0.25) is 0 Å². The third-order valence-corrected chi connectivity index (χ3v) is 5.73. The summed E-state index contributed by atoms with van der Waals surface area (Å²) in [6.45, 7) is 2.87. The summed E-state index contributed by atoms with van der Waals surface area (Å²) in [5.74, 6) is 0.673. The first-order valence-corrected chi connectivity index (χ1v) is 9.10. The summed E-state index contributed by atoms with van der Waals surface area (Å²) in [7, 11) is -3.61. The van der Waals surface area contributed by atoms with E-state index in [1.165, 1.54) is 16.4 Å². The van der Waals surface area contributed by atoms with Crippen molar-refractivity contribution in [1.82, 2.24) is 9.62 Å². The van der Waals surface area contributed by atoms with Crippen LogP contribution < -0.4 is 14.8 Å². The number of benzene rings is 1. The van der Waals surface area contributed by atoms with Crippen LogP contribution in [-0.4, -0.2) is 56.4 Å². The highest BCUT2D eigenvalue weighted by Gasteiger charge is 2.38. The Morgan fingerprint density at radius 2 is 1.96 bits per heavy atom. The van der Waals surface area contributed by atoms with Crippen molar-refractivity contribution in [2.45, 2.75) is 23.2 Å². The molecule has 1 fully saturated rings. The number of amides is 1. The van der Waals surface area contributed by atoms with Crippen molar-refractivity contribution in [2.75, 3.05) is 26.3 Å². The van der Waals surface area contributed by atoms with Crippen LogP contribution in [0.1, 0.15) is 6.92 Å². The van der Waals surface area contributed by atoms with Gasteiger partial charge in [-0.2, -0.15) is 4.31 Å². The van der Waals surface area contributed by atoms with E-state index in [1.54, 1.807) is 13.0 Å². The molecule has 23 heavy (non-hydrogen) atoms. The van der Waals surface area contributed by atoms with Gasteiger partial charge < -0.3 is 14.8 Å². The minimum absolute atomic E-state index is 0.150. The topological polar surface area (TPSA) is 84.9 Å². The van der Waals surface area contributed by atoms with Gasteiger partial charge in [-0.3, -0.25) is 4.79 Å². The fourth-order valence-electron chi connectivity index (χ4n) is 2.37. The van der Waals surface area contributed by atoms with Crippen molar-refractivity contribution in [2.24, 2.45) is 0 Å². The van der Waals surface area contributed by atoms with Gasteiger partial charge in [0.05, 0.1) is 10.9 Å². The lowest BCUT2D eigenvalue weighted by Gasteiger charge is -2.38. The lowest BCUT2D eigenvalue weighted by atomic mass is 10.2. The van der Waals surface area contributed by atoms with Gasteiger partial charge in [-0.15, -0.1) is 11.6 Å². The minimum Gasteiger partial charge on any atom is -0.486 e. The van der Waals surface area contributed by atoms with Crippen molar-refractivity contribution in [1.29, 1.82) is 0 Å². The Bertz CT molecular complexity index is 716. The molecule has 7 nitrogen and oxygen atoms in total. The summed E-state index contributed by atoms with van der Waals surface area (Å²) in [6, 6.07) is 4.34. The Balaban J connectivity index is 1.68. The van der Waals surface area contributed by atoms with E-state index in [4.69, 9.17) is 21.1 Å². The number of hydrogen-bond acceptors (Lipinski definition) is 5. The van der Waals surface area contributed by atoms with Crippen molar-refractivity contribution >= 4 is 27.5 Å². The number of carbonyl (C=O) groups is 1. The molecule has 0 spiro atoms. The second-order valence-electron chi connectivity index (χ2n) is 5.45. The lowest BCUT2D eigenvalue weighted by molar-refractivity contribution is -0.121. The molecule has 0 bridgehead atoms. The number of fused-ring (bicyclic) bond motifs is 1. The smallest absolute Gasteiger partial charge is 0.243 e. The molecular formula is C14H17ClN2O5S. The first kappa shape index (κ1) is 16.4. The summed E-state index contributed by atoms with van der Waals surface area (Å²) >= 11 is 5.67. The largest absolute Gasteiger partial charge is 0.486 e. The first-order chi connectivity index (χ1) is 10.9. The molecule has 1 N–H and O–H groups in total. The Labute approximate surface area is 139 Å². The molecule has 1 aromatic carbocycles. The number of nitrogens with one attached hydrogen (secondary N) is 1. The van der Waals surface area contributed by atoms with Crippen LogP contribution in [0.15, 0.2) is 23.1 Å². The summed E-state index contributed by atoms with van der Waals surface area (Å²) in [6.07, 6.45) is 0. The van der Waals surface area contributed by atoms with Gasteiger partial charge in [-0.1, -0.05) is 0 Å². The van der Waals surface area contributed by atoms with Crippen molar-refractivity contribution in [3.8, 4) is 11.5 Å². The van der Waals surface area contributed by atoms with E-state index < -0.39 is 15.4 Å². The second-order valence-corrected chi connectivity index (χ2v) is 8.04. The zero-order valence-electron chi connectivity index (χ0n) is 12.5. The van der Waals surface area contributed by atoms with Gasteiger partial charge in [0, 0.05) is 19.2 Å². The van der Waals surface area contributed by atoms with Gasteiger partial charge in [0.15, 0.2) is 11.5 Å². The molecule has 1 unspecified atom stereocenters. The van der Waals surface area contributed by atoms with Crippen molar-refractivity contribution in [3.63, 3.8) is 0 Å². The fraction of sp³-hybridized carbons (Fsp3) is 0.500. The highest BCUT2D eigenvalue weighted by Crippen LogP contribution is 2.33. The molecule has 126 valence electrons. The van der Waals surface area contributed by atoms with Crippen molar-refractivity contribution in [3.05, 3.63) is 18.2 Å². The minimum atomic E-state index is -3.61. The monoisotopic (exact) mass is 360 g/mol. The Morgan fingerprint density at radius 3 is 2.61 bits per heavy atom. The molecule has 0 aromatic heterocycles. The molecule has 0 saturated carbocycles. The summed E-state index contributed by atoms with van der Waals surface area (Å²) in [5.41, 5.74) is 0. The summed E-state index contributed by atoms with van der Waals surface area (Å²) < 4.78 is 37.2. The molecule has 0 radical (unpaired) electrons. The molecule has 2 aliphatic heterocycles. The van der Waals surface area contributed by atoms with Crippen molar-refractivity contribution < 1.29 is 22.7 Å². The molecule has 1 saturated heterocycles. The molecule has 2 aliphatic rings. The van der Waals surface area contributed by atoms with Crippen LogP contribution in [-0.2, 0) is 14.8 Å². The molecule has 0 aliphatic carbocycles. The maximum atomic E-state index is 12.6. The number of rotatable bonds is 4. The van der Waals surface area contributed by atoms with Crippen LogP contribution in [0.5, 0.6) is 11.5 Å². The summed E-state index contributed by atoms with van der Waals surface area (Å²) in [5, 5.41) is 2.06. The number of hydrogen-bond donors (Lipinski definition) is 1. The van der Waals surface area contributed by atoms with E-state index >= 15 is 0 Å². The number of nitrogens with zero attached hydrogens (tertiary/aromatic N) is 1. The van der Waals surface area contributed by atoms with Crippen LogP contribution in [0.25, 0.3) is 0 Å². The van der Waals surface area contributed by atoms with Gasteiger partial charge in [0.25, 0.3) is 0 Å². The Kier molecular flexibility index (Phi) is 4.39. The molecule has 1 amide bonds. The van der Waals surface area contributed by atoms with Gasteiger partial charge in [-0.05, 0) is 19.1 Å². The van der Waals surface area contributed by atoms with Gasteiger partial charge >= 0.3 is 0 Å². The standard InChI is InChI=1S/C14H17ClN2O5S/c1-9(15)14(18)16-10-7-17(8-10)23(19,20)11-2-3-12-13(6-11)22-5-4-21-12/h2-3,6,9-10H,4-5,7-8H2,1H3,(H,16,18). The second kappa shape index (κ2) is 6.18. The predicted molar refractivity (Wildman–Crippen MR) is 83.4 cm³/mol. The van der Waals surface area contributed by atoms with E-state index in [-0.39, 0.29) is 29.9 Å². The molecule has 2 heterocycles. The highest BCUT2D eigenvalue weighted by molar-refractivity contribution is 7.89. The number of halogens is 1. The van der Waals surface area contributed by atoms with Crippen LogP contribution >= 0.6 is 11.6 Å². The molecule has 9 heteroatoms. The number of carbonyl (C=O) groups excluding carboxylic acids is 1. The highest BCUT2D eigenvalue weighted by atomic mass is 35.5. The zero-order chi connectivity index (χ0) is 16.6. The van der Waals surface area contributed by atoms with Gasteiger partial charge in [0.2, 0.25) is 15.9 Å². The number of sulfonamides is 1. The third kappa shape index (κ3) is 3.24. The predicted octanol–water partition coefficient (Wildman–Crippen LogP) is 0.574. The normalized spacial score (nSPS) is 19.7. The van der Waals surface area contributed by atoms with Gasteiger partial charge in [-0.25, -0.2) is 8.42 Å². The van der Waals surface area contributed by atoms with E-state index in [9.17, 15) is 13.2 Å². The molecule has 1 aromatic rings. The Hall–Kier alpha value is -1.51. The lowest BCUT2D eigenvalue weighted by Crippen LogP contribution is -2.61. The maximum absolute atomic E-state index is 12.6. The average Bonchev–Trinajstić information content (AvgIpc) is 2.49. The van der Waals surface area contributed by atoms with E-state index in [0.717, 1.165) is 0 Å². The first-order valence-electron chi connectivity index (χ1n) is 7.22. The zero-order valence-corrected chi connectivity index (χ0v) is 14.1.